The zero-order valence-electron chi connectivity index (χ0n) is 18.0. The molecule has 7 heteroatoms. The fourth-order valence-corrected chi connectivity index (χ4v) is 4.15. The zero-order chi connectivity index (χ0) is 21.9. The summed E-state index contributed by atoms with van der Waals surface area (Å²) in [7, 11) is 1.66. The Balaban J connectivity index is 1.31. The molecule has 0 spiro atoms. The van der Waals surface area contributed by atoms with Crippen LogP contribution >= 0.6 is 0 Å². The van der Waals surface area contributed by atoms with Gasteiger partial charge in [-0.15, -0.1) is 0 Å². The Kier molecular flexibility index (Phi) is 5.46. The van der Waals surface area contributed by atoms with Crippen molar-refractivity contribution >= 4 is 17.4 Å². The molecule has 1 fully saturated rings. The quantitative estimate of drug-likeness (QED) is 0.489. The highest BCUT2D eigenvalue weighted by Gasteiger charge is 2.24. The van der Waals surface area contributed by atoms with Crippen LogP contribution in [0.4, 0.5) is 5.82 Å². The monoisotopic (exact) mass is 427 g/mol. The van der Waals surface area contributed by atoms with Crippen LogP contribution in [0.2, 0.25) is 0 Å². The molecule has 4 aromatic rings. The number of amides is 1. The molecule has 0 bridgehead atoms. The van der Waals surface area contributed by atoms with E-state index in [1.807, 2.05) is 78.1 Å². The SMILES string of the molecule is COc1ccc(-c2cnc3c(N4CCN(C(=O)Cc5ccccc5)CC4)nccn23)cc1. The van der Waals surface area contributed by atoms with Gasteiger partial charge in [-0.2, -0.15) is 0 Å². The lowest BCUT2D eigenvalue weighted by Crippen LogP contribution is -2.49. The van der Waals surface area contributed by atoms with Gasteiger partial charge in [0.05, 0.1) is 25.4 Å². The van der Waals surface area contributed by atoms with Gasteiger partial charge >= 0.3 is 0 Å². The molecule has 1 aliphatic rings. The number of imidazole rings is 1. The van der Waals surface area contributed by atoms with Crippen molar-refractivity contribution in [2.45, 2.75) is 6.42 Å². The van der Waals surface area contributed by atoms with Crippen LogP contribution < -0.4 is 9.64 Å². The Morgan fingerprint density at radius 3 is 2.44 bits per heavy atom. The number of rotatable bonds is 5. The van der Waals surface area contributed by atoms with Crippen molar-refractivity contribution in [1.82, 2.24) is 19.3 Å². The first kappa shape index (κ1) is 20.1. The van der Waals surface area contributed by atoms with Gasteiger partial charge in [-0.05, 0) is 29.8 Å². The highest BCUT2D eigenvalue weighted by molar-refractivity contribution is 5.79. The van der Waals surface area contributed by atoms with Crippen molar-refractivity contribution in [2.75, 3.05) is 38.2 Å². The molecule has 0 radical (unpaired) electrons. The minimum atomic E-state index is 0.171. The zero-order valence-corrected chi connectivity index (χ0v) is 18.0. The van der Waals surface area contributed by atoms with E-state index in [1.165, 1.54) is 0 Å². The molecule has 32 heavy (non-hydrogen) atoms. The Bertz CT molecular complexity index is 1210. The van der Waals surface area contributed by atoms with Crippen LogP contribution in [0.15, 0.2) is 73.2 Å². The maximum absolute atomic E-state index is 12.7. The van der Waals surface area contributed by atoms with E-state index in [2.05, 4.69) is 19.3 Å². The number of carbonyl (C=O) groups excluding carboxylic acids is 1. The van der Waals surface area contributed by atoms with Crippen LogP contribution in [0.3, 0.4) is 0 Å². The van der Waals surface area contributed by atoms with Crippen molar-refractivity contribution in [3.05, 3.63) is 78.8 Å². The summed E-state index contributed by atoms with van der Waals surface area (Å²) >= 11 is 0. The molecule has 5 rings (SSSR count). The summed E-state index contributed by atoms with van der Waals surface area (Å²) in [5.41, 5.74) is 3.94. The molecule has 0 N–H and O–H groups in total. The van der Waals surface area contributed by atoms with E-state index in [0.717, 1.165) is 47.1 Å². The van der Waals surface area contributed by atoms with Gasteiger partial charge < -0.3 is 14.5 Å². The predicted octanol–water partition coefficient (Wildman–Crippen LogP) is 3.30. The molecule has 1 saturated heterocycles. The summed E-state index contributed by atoms with van der Waals surface area (Å²) in [4.78, 5) is 26.1. The normalized spacial score (nSPS) is 14.0. The summed E-state index contributed by atoms with van der Waals surface area (Å²) in [6, 6.07) is 17.9. The molecule has 7 nitrogen and oxygen atoms in total. The molecular weight excluding hydrogens is 402 g/mol. The number of anilines is 1. The third-order valence-electron chi connectivity index (χ3n) is 5.93. The minimum Gasteiger partial charge on any atom is -0.497 e. The van der Waals surface area contributed by atoms with Crippen LogP contribution in [0.5, 0.6) is 5.75 Å². The summed E-state index contributed by atoms with van der Waals surface area (Å²) in [5, 5.41) is 0. The molecular formula is C25H25N5O2. The van der Waals surface area contributed by atoms with Crippen molar-refractivity contribution in [1.29, 1.82) is 0 Å². The Morgan fingerprint density at radius 2 is 1.72 bits per heavy atom. The number of hydrogen-bond donors (Lipinski definition) is 0. The molecule has 0 unspecified atom stereocenters. The smallest absolute Gasteiger partial charge is 0.227 e. The third-order valence-corrected chi connectivity index (χ3v) is 5.93. The van der Waals surface area contributed by atoms with Gasteiger partial charge in [0, 0.05) is 44.1 Å². The molecule has 1 aliphatic heterocycles. The molecule has 2 aromatic heterocycles. The molecule has 162 valence electrons. The molecule has 0 saturated carbocycles. The second-order valence-electron chi connectivity index (χ2n) is 7.85. The van der Waals surface area contributed by atoms with Gasteiger partial charge in [-0.1, -0.05) is 30.3 Å². The highest BCUT2D eigenvalue weighted by atomic mass is 16.5. The first-order valence-electron chi connectivity index (χ1n) is 10.8. The van der Waals surface area contributed by atoms with E-state index in [-0.39, 0.29) is 5.91 Å². The van der Waals surface area contributed by atoms with Crippen LogP contribution in [-0.4, -0.2) is 58.5 Å². The van der Waals surface area contributed by atoms with Crippen LogP contribution in [0, 0.1) is 0 Å². The summed E-state index contributed by atoms with van der Waals surface area (Å²) in [6.07, 6.45) is 6.07. The van der Waals surface area contributed by atoms with Gasteiger partial charge in [0.15, 0.2) is 11.5 Å². The van der Waals surface area contributed by atoms with Gasteiger partial charge in [0.1, 0.15) is 5.75 Å². The van der Waals surface area contributed by atoms with Crippen molar-refractivity contribution in [2.24, 2.45) is 0 Å². The molecule has 1 amide bonds. The third kappa shape index (κ3) is 3.89. The van der Waals surface area contributed by atoms with Crippen molar-refractivity contribution in [3.8, 4) is 17.0 Å². The standard InChI is InChI=1S/C25H25N5O2/c1-32-21-9-7-20(8-10-21)22-18-27-25-24(26-11-12-30(22)25)29-15-13-28(14-16-29)23(31)17-19-5-3-2-4-6-19/h2-12,18H,13-17H2,1H3. The number of methoxy groups -OCH3 is 1. The number of fused-ring (bicyclic) bond motifs is 1. The van der Waals surface area contributed by atoms with Crippen LogP contribution in [0.1, 0.15) is 5.56 Å². The van der Waals surface area contributed by atoms with Gasteiger partial charge in [0.2, 0.25) is 5.91 Å². The van der Waals surface area contributed by atoms with Gasteiger partial charge in [-0.3, -0.25) is 9.20 Å². The van der Waals surface area contributed by atoms with Crippen LogP contribution in [0.25, 0.3) is 16.9 Å². The minimum absolute atomic E-state index is 0.171. The van der Waals surface area contributed by atoms with E-state index < -0.39 is 0 Å². The lowest BCUT2D eigenvalue weighted by molar-refractivity contribution is -0.130. The Labute approximate surface area is 186 Å². The lowest BCUT2D eigenvalue weighted by atomic mass is 10.1. The van der Waals surface area contributed by atoms with E-state index >= 15 is 0 Å². The van der Waals surface area contributed by atoms with E-state index in [1.54, 1.807) is 7.11 Å². The van der Waals surface area contributed by atoms with E-state index in [9.17, 15) is 4.79 Å². The topological polar surface area (TPSA) is 63.0 Å². The number of nitrogens with zero attached hydrogens (tertiary/aromatic N) is 5. The summed E-state index contributed by atoms with van der Waals surface area (Å²) in [6.45, 7) is 2.83. The van der Waals surface area contributed by atoms with E-state index in [0.29, 0.717) is 19.5 Å². The number of piperazine rings is 1. The molecule has 2 aromatic carbocycles. The second-order valence-corrected chi connectivity index (χ2v) is 7.85. The lowest BCUT2D eigenvalue weighted by Gasteiger charge is -2.35. The fraction of sp³-hybridized carbons (Fsp3) is 0.240. The maximum atomic E-state index is 12.7. The fourth-order valence-electron chi connectivity index (χ4n) is 4.15. The second kappa shape index (κ2) is 8.70. The van der Waals surface area contributed by atoms with Gasteiger partial charge in [-0.25, -0.2) is 9.97 Å². The Hall–Kier alpha value is -3.87. The predicted molar refractivity (Wildman–Crippen MR) is 124 cm³/mol. The summed E-state index contributed by atoms with van der Waals surface area (Å²) in [5.74, 6) is 1.84. The van der Waals surface area contributed by atoms with Gasteiger partial charge in [0.25, 0.3) is 0 Å². The first-order valence-corrected chi connectivity index (χ1v) is 10.8. The number of carbonyl (C=O) groups is 1. The number of ether oxygens (including phenoxy) is 1. The van der Waals surface area contributed by atoms with Crippen molar-refractivity contribution in [3.63, 3.8) is 0 Å². The molecule has 0 aliphatic carbocycles. The highest BCUT2D eigenvalue weighted by Crippen LogP contribution is 2.27. The van der Waals surface area contributed by atoms with Crippen LogP contribution in [-0.2, 0) is 11.2 Å². The number of benzene rings is 2. The Morgan fingerprint density at radius 1 is 0.969 bits per heavy atom. The first-order chi connectivity index (χ1) is 15.7. The molecule has 3 heterocycles. The maximum Gasteiger partial charge on any atom is 0.227 e. The number of aromatic nitrogens is 3. The largest absolute Gasteiger partial charge is 0.497 e. The summed E-state index contributed by atoms with van der Waals surface area (Å²) < 4.78 is 7.33. The van der Waals surface area contributed by atoms with E-state index in [4.69, 9.17) is 4.74 Å². The average Bonchev–Trinajstić information content (AvgIpc) is 3.29. The molecule has 0 atom stereocenters. The van der Waals surface area contributed by atoms with Crippen molar-refractivity contribution < 1.29 is 9.53 Å². The average molecular weight is 428 g/mol. The number of hydrogen-bond acceptors (Lipinski definition) is 5.